The highest BCUT2D eigenvalue weighted by molar-refractivity contribution is 6.30. The summed E-state index contributed by atoms with van der Waals surface area (Å²) in [6.07, 6.45) is 1.63. The molecule has 5 aromatic rings. The van der Waals surface area contributed by atoms with Gasteiger partial charge in [0.2, 0.25) is 5.91 Å². The molecule has 2 aromatic heterocycles. The summed E-state index contributed by atoms with van der Waals surface area (Å²) in [4.78, 5) is 26.0. The van der Waals surface area contributed by atoms with Crippen LogP contribution in [-0.4, -0.2) is 20.3 Å². The van der Waals surface area contributed by atoms with Crippen LogP contribution in [0.25, 0.3) is 21.8 Å². The number of fused-ring (bicyclic) bond motifs is 3. The minimum atomic E-state index is -0.362. The fourth-order valence-corrected chi connectivity index (χ4v) is 4.16. The average molecular weight is 475 g/mol. The van der Waals surface area contributed by atoms with Gasteiger partial charge in [-0.15, -0.1) is 0 Å². The van der Waals surface area contributed by atoms with Crippen molar-refractivity contribution >= 4 is 39.3 Å². The minimum Gasteiger partial charge on any atom is -0.350 e. The van der Waals surface area contributed by atoms with Gasteiger partial charge in [0.15, 0.2) is 0 Å². The van der Waals surface area contributed by atoms with Crippen LogP contribution in [0.4, 0.5) is 4.39 Å². The number of carbonyl (C=O) groups excluding carboxylic acids is 1. The normalized spacial score (nSPS) is 11.2. The molecule has 0 unspecified atom stereocenters. The molecule has 1 N–H and O–H groups in total. The molecule has 0 saturated heterocycles. The lowest BCUT2D eigenvalue weighted by atomic mass is 10.2. The Morgan fingerprint density at radius 1 is 0.941 bits per heavy atom. The molecule has 8 heteroatoms. The fourth-order valence-electron chi connectivity index (χ4n) is 4.04. The Bertz CT molecular complexity index is 1560. The maximum Gasteiger partial charge on any atom is 0.291 e. The number of nitrogens with one attached hydrogen (secondary N) is 1. The van der Waals surface area contributed by atoms with E-state index in [0.717, 1.165) is 27.4 Å². The second kappa shape index (κ2) is 9.11. The summed E-state index contributed by atoms with van der Waals surface area (Å²) in [6.45, 7) is 0.475. The highest BCUT2D eigenvalue weighted by atomic mass is 35.5. The Labute approximate surface area is 199 Å². The zero-order chi connectivity index (χ0) is 23.7. The average Bonchev–Trinajstić information content (AvgIpc) is 3.16. The summed E-state index contributed by atoms with van der Waals surface area (Å²) in [5.41, 5.74) is 2.79. The lowest BCUT2D eigenvalue weighted by Gasteiger charge is -2.10. The molecule has 3 aromatic carbocycles. The van der Waals surface area contributed by atoms with Crippen LogP contribution >= 0.6 is 11.6 Å². The van der Waals surface area contributed by atoms with Crippen LogP contribution < -0.4 is 10.9 Å². The molecule has 0 saturated carbocycles. The second-order valence-corrected chi connectivity index (χ2v) is 8.44. The zero-order valence-corrected chi connectivity index (χ0v) is 18.8. The van der Waals surface area contributed by atoms with Gasteiger partial charge in [-0.1, -0.05) is 54.1 Å². The summed E-state index contributed by atoms with van der Waals surface area (Å²) in [6, 6.07) is 21.1. The molecule has 1 amide bonds. The van der Waals surface area contributed by atoms with Crippen molar-refractivity contribution in [3.8, 4) is 0 Å². The number of carbonyl (C=O) groups is 1. The first-order valence-corrected chi connectivity index (χ1v) is 11.1. The van der Waals surface area contributed by atoms with Crippen LogP contribution in [-0.2, 0) is 24.4 Å². The molecule has 0 bridgehead atoms. The first-order chi connectivity index (χ1) is 16.5. The third-order valence-electron chi connectivity index (χ3n) is 5.72. The van der Waals surface area contributed by atoms with E-state index in [2.05, 4.69) is 10.4 Å². The van der Waals surface area contributed by atoms with Crippen molar-refractivity contribution in [3.63, 3.8) is 0 Å². The summed E-state index contributed by atoms with van der Waals surface area (Å²) in [5.74, 6) is -0.702. The van der Waals surface area contributed by atoms with Gasteiger partial charge in [0.25, 0.3) is 5.56 Å². The molecule has 0 fully saturated rings. The maximum absolute atomic E-state index is 13.4. The van der Waals surface area contributed by atoms with Gasteiger partial charge in [0.1, 0.15) is 17.9 Å². The van der Waals surface area contributed by atoms with Gasteiger partial charge in [-0.2, -0.15) is 5.10 Å². The first-order valence-electron chi connectivity index (χ1n) is 10.7. The summed E-state index contributed by atoms with van der Waals surface area (Å²) in [7, 11) is 0. The van der Waals surface area contributed by atoms with E-state index >= 15 is 0 Å². The van der Waals surface area contributed by atoms with E-state index in [-0.39, 0.29) is 30.4 Å². The van der Waals surface area contributed by atoms with Crippen LogP contribution in [0.5, 0.6) is 0 Å². The van der Waals surface area contributed by atoms with Gasteiger partial charge >= 0.3 is 0 Å². The van der Waals surface area contributed by atoms with E-state index in [1.54, 1.807) is 18.3 Å². The van der Waals surface area contributed by atoms with E-state index in [4.69, 9.17) is 11.6 Å². The third-order valence-corrected chi connectivity index (χ3v) is 5.98. The number of halogens is 2. The molecule has 0 aliphatic rings. The van der Waals surface area contributed by atoms with Crippen molar-refractivity contribution in [2.45, 2.75) is 19.6 Å². The van der Waals surface area contributed by atoms with Crippen LogP contribution in [0.15, 0.2) is 83.8 Å². The van der Waals surface area contributed by atoms with Gasteiger partial charge in [-0.25, -0.2) is 9.07 Å². The summed E-state index contributed by atoms with van der Waals surface area (Å²) < 4.78 is 16.2. The van der Waals surface area contributed by atoms with Gasteiger partial charge in [-0.3, -0.25) is 9.59 Å². The van der Waals surface area contributed by atoms with Crippen molar-refractivity contribution in [1.82, 2.24) is 19.7 Å². The Morgan fingerprint density at radius 3 is 2.41 bits per heavy atom. The number of para-hydroxylation sites is 1. The van der Waals surface area contributed by atoms with Gasteiger partial charge in [0, 0.05) is 34.4 Å². The number of hydrogen-bond donors (Lipinski definition) is 1. The molecule has 5 rings (SSSR count). The number of aromatic nitrogens is 3. The SMILES string of the molecule is O=C(Cn1ncc2c3ccccc3n(Cc3ccc(Cl)cc3)c2c1=O)NCc1ccc(F)cc1. The molecule has 0 aliphatic carbocycles. The molecule has 6 nitrogen and oxygen atoms in total. The lowest BCUT2D eigenvalue weighted by molar-refractivity contribution is -0.122. The van der Waals surface area contributed by atoms with Crippen LogP contribution in [0.1, 0.15) is 11.1 Å². The monoisotopic (exact) mass is 474 g/mol. The number of amides is 1. The molecular weight excluding hydrogens is 455 g/mol. The van der Waals surface area contributed by atoms with Gasteiger partial charge in [0.05, 0.1) is 6.20 Å². The third kappa shape index (κ3) is 4.30. The Balaban J connectivity index is 1.48. The molecular formula is C26H20ClFN4O2. The van der Waals surface area contributed by atoms with Crippen molar-refractivity contribution in [2.24, 2.45) is 0 Å². The van der Waals surface area contributed by atoms with Crippen molar-refractivity contribution in [2.75, 3.05) is 0 Å². The van der Waals surface area contributed by atoms with Crippen LogP contribution in [0.2, 0.25) is 5.02 Å². The highest BCUT2D eigenvalue weighted by Gasteiger charge is 2.17. The Kier molecular flexibility index (Phi) is 5.86. The number of benzene rings is 3. The van der Waals surface area contributed by atoms with E-state index in [0.29, 0.717) is 17.1 Å². The van der Waals surface area contributed by atoms with Crippen molar-refractivity contribution in [1.29, 1.82) is 0 Å². The minimum absolute atomic E-state index is 0.224. The van der Waals surface area contributed by atoms with Gasteiger partial charge < -0.3 is 9.88 Å². The Morgan fingerprint density at radius 2 is 1.65 bits per heavy atom. The standard InChI is InChI=1S/C26H20ClFN4O2/c27-19-9-5-18(6-10-19)15-31-23-4-2-1-3-21(23)22-14-30-32(26(34)25(22)31)16-24(33)29-13-17-7-11-20(28)12-8-17/h1-12,14H,13,15-16H2,(H,29,33). The molecule has 0 aliphatic heterocycles. The molecule has 0 atom stereocenters. The molecule has 2 heterocycles. The van der Waals surface area contributed by atoms with E-state index < -0.39 is 0 Å². The van der Waals surface area contributed by atoms with Gasteiger partial charge in [-0.05, 0) is 41.5 Å². The van der Waals surface area contributed by atoms with E-state index in [1.807, 2.05) is 53.1 Å². The van der Waals surface area contributed by atoms with Crippen LogP contribution in [0.3, 0.4) is 0 Å². The molecule has 170 valence electrons. The smallest absolute Gasteiger partial charge is 0.291 e. The number of rotatable bonds is 6. The Hall–Kier alpha value is -3.97. The van der Waals surface area contributed by atoms with Crippen molar-refractivity contribution in [3.05, 3.63) is 111 Å². The predicted octanol–water partition coefficient (Wildman–Crippen LogP) is 4.51. The van der Waals surface area contributed by atoms with Crippen LogP contribution in [0, 0.1) is 5.82 Å². The summed E-state index contributed by atoms with van der Waals surface area (Å²) >= 11 is 6.03. The number of hydrogen-bond acceptors (Lipinski definition) is 3. The topological polar surface area (TPSA) is 68.9 Å². The molecule has 0 spiro atoms. The maximum atomic E-state index is 13.4. The second-order valence-electron chi connectivity index (χ2n) is 8.00. The number of nitrogens with zero attached hydrogens (tertiary/aromatic N) is 3. The molecule has 34 heavy (non-hydrogen) atoms. The molecule has 0 radical (unpaired) electrons. The first kappa shape index (κ1) is 21.9. The lowest BCUT2D eigenvalue weighted by Crippen LogP contribution is -2.33. The summed E-state index contributed by atoms with van der Waals surface area (Å²) in [5, 5.41) is 9.30. The predicted molar refractivity (Wildman–Crippen MR) is 130 cm³/mol. The zero-order valence-electron chi connectivity index (χ0n) is 18.0. The van der Waals surface area contributed by atoms with E-state index in [1.165, 1.54) is 16.8 Å². The quantitative estimate of drug-likeness (QED) is 0.394. The highest BCUT2D eigenvalue weighted by Crippen LogP contribution is 2.27. The van der Waals surface area contributed by atoms with Crippen molar-refractivity contribution < 1.29 is 9.18 Å². The fraction of sp³-hybridized carbons (Fsp3) is 0.115. The largest absolute Gasteiger partial charge is 0.350 e. The van der Waals surface area contributed by atoms with E-state index in [9.17, 15) is 14.0 Å².